The molecule has 2 nitrogen and oxygen atoms in total. The van der Waals surface area contributed by atoms with Crippen molar-refractivity contribution >= 4 is 38.6 Å². The lowest BCUT2D eigenvalue weighted by Crippen LogP contribution is -1.93. The molecule has 0 bridgehead atoms. The molecule has 1 heterocycles. The van der Waals surface area contributed by atoms with Crippen LogP contribution < -0.4 is 5.32 Å². The first-order chi connectivity index (χ1) is 5.27. The molecule has 1 aliphatic heterocycles. The molecule has 0 unspecified atom stereocenters. The largest absolute Gasteiger partial charge is 0.310 e. The van der Waals surface area contributed by atoms with Gasteiger partial charge in [-0.05, 0) is 39.8 Å². The Hall–Kier alpha value is -0.480. The van der Waals surface area contributed by atoms with Crippen LogP contribution >= 0.6 is 27.7 Å². The zero-order chi connectivity index (χ0) is 7.84. The fourth-order valence-electron chi connectivity index (χ4n) is 0.895. The topological polar surface area (TPSA) is 31.2 Å². The third-order valence-electron chi connectivity index (χ3n) is 1.35. The van der Waals surface area contributed by atoms with Gasteiger partial charge in [0.25, 0.3) is 0 Å². The summed E-state index contributed by atoms with van der Waals surface area (Å²) in [6.45, 7) is 0. The van der Waals surface area contributed by atoms with Crippen molar-refractivity contribution in [2.45, 2.75) is 4.90 Å². The maximum absolute atomic E-state index is 10.8. The van der Waals surface area contributed by atoms with Crippen molar-refractivity contribution in [1.29, 1.82) is 0 Å². The van der Waals surface area contributed by atoms with E-state index in [2.05, 4.69) is 21.2 Å². The van der Waals surface area contributed by atoms with Gasteiger partial charge in [-0.15, -0.1) is 0 Å². The molecule has 1 aliphatic rings. The van der Waals surface area contributed by atoms with E-state index in [4.69, 9.17) is 0 Å². The molecule has 0 aromatic heterocycles. The summed E-state index contributed by atoms with van der Waals surface area (Å²) in [7, 11) is 0. The first kappa shape index (κ1) is 7.18. The number of hydrogen-bond donors (Lipinski definition) is 0. The Balaban J connectivity index is 2.57. The van der Waals surface area contributed by atoms with Gasteiger partial charge < -0.3 is 0 Å². The van der Waals surface area contributed by atoms with Crippen LogP contribution in [0.25, 0.3) is 0 Å². The average molecular weight is 229 g/mol. The van der Waals surface area contributed by atoms with Crippen LogP contribution in [0.3, 0.4) is 0 Å². The van der Waals surface area contributed by atoms with Gasteiger partial charge in [0.2, 0.25) is 0 Å². The molecule has 1 aromatic carbocycles. The molecule has 4 heteroatoms. The Kier molecular flexibility index (Phi) is 1.65. The van der Waals surface area contributed by atoms with Crippen LogP contribution in [0.15, 0.2) is 27.6 Å². The molecule has 0 N–H and O–H groups in total. The summed E-state index contributed by atoms with van der Waals surface area (Å²) >= 11 is 4.51. The minimum absolute atomic E-state index is 0.132. The summed E-state index contributed by atoms with van der Waals surface area (Å²) in [6.07, 6.45) is 0. The first-order valence-electron chi connectivity index (χ1n) is 2.99. The van der Waals surface area contributed by atoms with Crippen LogP contribution in [0.2, 0.25) is 0 Å². The molecule has 1 amide bonds. The molecule has 0 aliphatic carbocycles. The predicted molar refractivity (Wildman–Crippen MR) is 47.2 cm³/mol. The molecule has 0 fully saturated rings. The molecule has 0 saturated carbocycles. The number of carbonyl (C=O) groups is 1. The van der Waals surface area contributed by atoms with E-state index < -0.39 is 0 Å². The van der Waals surface area contributed by atoms with Gasteiger partial charge in [0.05, 0.1) is 10.6 Å². The highest BCUT2D eigenvalue weighted by Gasteiger charge is 2.22. The van der Waals surface area contributed by atoms with Crippen LogP contribution in [-0.2, 0) is 0 Å². The highest BCUT2D eigenvalue weighted by Crippen LogP contribution is 2.40. The smallest absolute Gasteiger partial charge is 0.259 e. The van der Waals surface area contributed by atoms with Gasteiger partial charge in [-0.25, -0.2) is 5.32 Å². The Bertz CT molecular complexity index is 326. The Morgan fingerprint density at radius 2 is 2.27 bits per heavy atom. The van der Waals surface area contributed by atoms with Crippen LogP contribution in [0.1, 0.15) is 0 Å². The molecule has 0 spiro atoms. The van der Waals surface area contributed by atoms with Gasteiger partial charge in [0, 0.05) is 4.47 Å². The molecular formula is C7H3BrNOS. The van der Waals surface area contributed by atoms with Crippen molar-refractivity contribution in [3.8, 4) is 0 Å². The Morgan fingerprint density at radius 3 is 3.00 bits per heavy atom. The Labute approximate surface area is 76.5 Å². The van der Waals surface area contributed by atoms with Crippen molar-refractivity contribution in [3.05, 3.63) is 22.7 Å². The number of fused-ring (bicyclic) bond motifs is 1. The van der Waals surface area contributed by atoms with E-state index in [1.807, 2.05) is 18.2 Å². The zero-order valence-corrected chi connectivity index (χ0v) is 7.78. The van der Waals surface area contributed by atoms with E-state index >= 15 is 0 Å². The van der Waals surface area contributed by atoms with Crippen molar-refractivity contribution < 1.29 is 4.79 Å². The highest BCUT2D eigenvalue weighted by molar-refractivity contribution is 9.10. The maximum atomic E-state index is 10.8. The fourth-order valence-corrected chi connectivity index (χ4v) is 2.20. The van der Waals surface area contributed by atoms with E-state index in [-0.39, 0.29) is 5.24 Å². The van der Waals surface area contributed by atoms with Crippen LogP contribution in [0, 0.1) is 0 Å². The average Bonchev–Trinajstić information content (AvgIpc) is 2.31. The second kappa shape index (κ2) is 2.53. The summed E-state index contributed by atoms with van der Waals surface area (Å²) in [4.78, 5) is 11.8. The van der Waals surface area contributed by atoms with Gasteiger partial charge in [0.15, 0.2) is 0 Å². The molecule has 55 valence electrons. The summed E-state index contributed by atoms with van der Waals surface area (Å²) in [5, 5.41) is 3.67. The lowest BCUT2D eigenvalue weighted by molar-refractivity contribution is 0.264. The summed E-state index contributed by atoms with van der Waals surface area (Å²) in [6, 6.07) is 5.60. The molecule has 0 atom stereocenters. The third kappa shape index (κ3) is 1.16. The van der Waals surface area contributed by atoms with E-state index in [0.29, 0.717) is 0 Å². The second-order valence-corrected chi connectivity index (χ2v) is 3.88. The fraction of sp³-hybridized carbons (Fsp3) is 0. The summed E-state index contributed by atoms with van der Waals surface area (Å²) < 4.78 is 0.939. The summed E-state index contributed by atoms with van der Waals surface area (Å²) in [5.41, 5.74) is 0.773. The van der Waals surface area contributed by atoms with E-state index in [9.17, 15) is 4.79 Å². The van der Waals surface area contributed by atoms with Crippen LogP contribution in [0.5, 0.6) is 0 Å². The zero-order valence-electron chi connectivity index (χ0n) is 5.37. The van der Waals surface area contributed by atoms with Crippen LogP contribution in [0.4, 0.5) is 10.5 Å². The molecule has 11 heavy (non-hydrogen) atoms. The number of nitrogens with zero attached hydrogens (tertiary/aromatic N) is 1. The molecular weight excluding hydrogens is 226 g/mol. The second-order valence-electron chi connectivity index (χ2n) is 2.07. The van der Waals surface area contributed by atoms with Gasteiger partial charge in [-0.3, -0.25) is 4.79 Å². The highest BCUT2D eigenvalue weighted by atomic mass is 79.9. The van der Waals surface area contributed by atoms with Gasteiger partial charge >= 0.3 is 5.24 Å². The SMILES string of the molecule is O=C1[N]c2cccc(Br)c2S1. The molecule has 2 rings (SSSR count). The van der Waals surface area contributed by atoms with Gasteiger partial charge in [-0.2, -0.15) is 0 Å². The van der Waals surface area contributed by atoms with E-state index in [0.717, 1.165) is 15.1 Å². The quantitative estimate of drug-likeness (QED) is 0.684. The predicted octanol–water partition coefficient (Wildman–Crippen LogP) is 2.91. The normalized spacial score (nSPS) is 14.5. The standard InChI is InChI=1S/C7H3BrNOS/c8-4-2-1-3-5-6(4)11-7(10)9-5/h1-3H. The Morgan fingerprint density at radius 1 is 1.45 bits per heavy atom. The summed E-state index contributed by atoms with van der Waals surface area (Å²) in [5.74, 6) is 0. The number of hydrogen-bond acceptors (Lipinski definition) is 2. The van der Waals surface area contributed by atoms with E-state index in [1.54, 1.807) is 0 Å². The van der Waals surface area contributed by atoms with Crippen molar-refractivity contribution in [1.82, 2.24) is 5.32 Å². The molecule has 0 saturated heterocycles. The monoisotopic (exact) mass is 228 g/mol. The lowest BCUT2D eigenvalue weighted by Gasteiger charge is -1.95. The van der Waals surface area contributed by atoms with Crippen molar-refractivity contribution in [3.63, 3.8) is 0 Å². The van der Waals surface area contributed by atoms with Gasteiger partial charge in [0.1, 0.15) is 0 Å². The number of thioether (sulfide) groups is 1. The number of rotatable bonds is 0. The third-order valence-corrected chi connectivity index (χ3v) is 3.17. The molecule has 1 aromatic rings. The first-order valence-corrected chi connectivity index (χ1v) is 4.60. The minimum atomic E-state index is -0.132. The van der Waals surface area contributed by atoms with Crippen LogP contribution in [-0.4, -0.2) is 5.24 Å². The maximum Gasteiger partial charge on any atom is 0.310 e. The van der Waals surface area contributed by atoms with Crippen molar-refractivity contribution in [2.75, 3.05) is 0 Å². The number of carbonyl (C=O) groups excluding carboxylic acids is 1. The molecule has 1 radical (unpaired) electrons. The lowest BCUT2D eigenvalue weighted by atomic mass is 10.3. The van der Waals surface area contributed by atoms with Crippen molar-refractivity contribution in [2.24, 2.45) is 0 Å². The number of halogens is 1. The minimum Gasteiger partial charge on any atom is -0.259 e. The number of benzene rings is 1. The van der Waals surface area contributed by atoms with Gasteiger partial charge in [-0.1, -0.05) is 6.07 Å². The van der Waals surface area contributed by atoms with E-state index in [1.165, 1.54) is 11.8 Å². The number of amides is 1.